The number of nitrogens with two attached hydrogens (primary N) is 2. The molecule has 0 saturated heterocycles. The normalized spacial score (nSPS) is 12.8. The molecule has 1 rings (SSSR count). The van der Waals surface area contributed by atoms with Crippen molar-refractivity contribution in [2.75, 3.05) is 26.2 Å². The summed E-state index contributed by atoms with van der Waals surface area (Å²) in [5.74, 6) is 6.16. The van der Waals surface area contributed by atoms with E-state index in [4.69, 9.17) is 11.6 Å². The molecule has 0 radical (unpaired) electrons. The molecule has 6 heteroatoms. The molecular weight excluding hydrogens is 365 g/mol. The van der Waals surface area contributed by atoms with E-state index in [1.54, 1.807) is 24.3 Å². The Bertz CT molecular complexity index is 743. The minimum Gasteiger partial charge on any atom is -0.405 e. The molecule has 0 atom stereocenters. The maximum Gasteiger partial charge on any atom is 0.123 e. The Balaban J connectivity index is 3.23. The molecule has 0 heterocycles. The number of nitrogens with one attached hydrogen (secondary N) is 2. The highest BCUT2D eigenvalue weighted by molar-refractivity contribution is 5.84. The van der Waals surface area contributed by atoms with Gasteiger partial charge in [-0.1, -0.05) is 51.3 Å². The van der Waals surface area contributed by atoms with E-state index in [9.17, 15) is 4.39 Å². The van der Waals surface area contributed by atoms with Crippen molar-refractivity contribution in [3.63, 3.8) is 0 Å². The van der Waals surface area contributed by atoms with Gasteiger partial charge in [0.25, 0.3) is 0 Å². The summed E-state index contributed by atoms with van der Waals surface area (Å²) in [6.45, 7) is 16.1. The van der Waals surface area contributed by atoms with E-state index in [2.05, 4.69) is 42.6 Å². The molecule has 0 bridgehead atoms. The second kappa shape index (κ2) is 13.4. The molecule has 1 aromatic rings. The average molecular weight is 400 g/mol. The number of hydrogen-bond acceptors (Lipinski definition) is 5. The van der Waals surface area contributed by atoms with E-state index in [-0.39, 0.29) is 5.82 Å². The Kier molecular flexibility index (Phi) is 11.2. The van der Waals surface area contributed by atoms with Crippen molar-refractivity contribution in [1.29, 1.82) is 0 Å². The quantitative estimate of drug-likeness (QED) is 0.177. The van der Waals surface area contributed by atoms with Gasteiger partial charge in [0.05, 0.1) is 0 Å². The van der Waals surface area contributed by atoms with Gasteiger partial charge in [-0.05, 0) is 67.2 Å². The zero-order valence-corrected chi connectivity index (χ0v) is 17.5. The first-order valence-corrected chi connectivity index (χ1v) is 9.85. The van der Waals surface area contributed by atoms with Crippen LogP contribution in [0.1, 0.15) is 25.8 Å². The molecule has 0 amide bonds. The summed E-state index contributed by atoms with van der Waals surface area (Å²) in [4.78, 5) is 2.36. The van der Waals surface area contributed by atoms with Crippen molar-refractivity contribution < 1.29 is 4.39 Å². The van der Waals surface area contributed by atoms with Gasteiger partial charge in [0.15, 0.2) is 0 Å². The van der Waals surface area contributed by atoms with Crippen molar-refractivity contribution in [1.82, 2.24) is 15.6 Å². The largest absolute Gasteiger partial charge is 0.405 e. The Hall–Kier alpha value is -2.83. The number of allylic oxidation sites excluding steroid dienone is 6. The summed E-state index contributed by atoms with van der Waals surface area (Å²) < 4.78 is 13.4. The fourth-order valence-corrected chi connectivity index (χ4v) is 2.99. The lowest BCUT2D eigenvalue weighted by Crippen LogP contribution is -2.35. The molecule has 0 aliphatic carbocycles. The summed E-state index contributed by atoms with van der Waals surface area (Å²) in [7, 11) is 0. The fourth-order valence-electron chi connectivity index (χ4n) is 2.99. The fraction of sp³-hybridized carbons (Fsp3) is 0.304. The number of benzene rings is 1. The smallest absolute Gasteiger partial charge is 0.123 e. The molecule has 0 spiro atoms. The van der Waals surface area contributed by atoms with E-state index in [1.807, 2.05) is 6.08 Å². The first kappa shape index (κ1) is 24.2. The molecule has 158 valence electrons. The standard InChI is InChI=1S/C23H34FN5/c1-5-9-20(14-15-25)22(18(4)19-10-12-21(24)13-11-19)23(28-26)27-16-8-17-29(6-2)7-3/h5,9-15,27-28H,1,4,6-8,16-17,25-26H2,2-3H3/b15-14-,20-9+,23-22+. The minimum absolute atomic E-state index is 0.303. The van der Waals surface area contributed by atoms with Crippen LogP contribution in [0.25, 0.3) is 5.57 Å². The highest BCUT2D eigenvalue weighted by Crippen LogP contribution is 2.29. The van der Waals surface area contributed by atoms with E-state index >= 15 is 0 Å². The van der Waals surface area contributed by atoms with Crippen molar-refractivity contribution in [3.8, 4) is 0 Å². The Morgan fingerprint density at radius 3 is 2.38 bits per heavy atom. The van der Waals surface area contributed by atoms with Crippen molar-refractivity contribution in [2.45, 2.75) is 20.3 Å². The Labute approximate surface area is 174 Å². The zero-order chi connectivity index (χ0) is 21.6. The summed E-state index contributed by atoms with van der Waals surface area (Å²) in [6.07, 6.45) is 7.64. The maximum absolute atomic E-state index is 13.4. The third-order valence-corrected chi connectivity index (χ3v) is 4.60. The molecule has 0 aromatic heterocycles. The van der Waals surface area contributed by atoms with Crippen LogP contribution >= 0.6 is 0 Å². The predicted octanol–water partition coefficient (Wildman–Crippen LogP) is 3.42. The van der Waals surface area contributed by atoms with Crippen LogP contribution in [0.15, 0.2) is 78.8 Å². The first-order chi connectivity index (χ1) is 14.0. The van der Waals surface area contributed by atoms with Gasteiger partial charge < -0.3 is 21.4 Å². The van der Waals surface area contributed by atoms with Crippen LogP contribution in [-0.4, -0.2) is 31.1 Å². The number of nitrogens with zero attached hydrogens (tertiary/aromatic N) is 1. The van der Waals surface area contributed by atoms with Gasteiger partial charge in [-0.25, -0.2) is 10.2 Å². The van der Waals surface area contributed by atoms with E-state index in [0.29, 0.717) is 11.4 Å². The van der Waals surface area contributed by atoms with Crippen molar-refractivity contribution in [2.24, 2.45) is 11.6 Å². The van der Waals surface area contributed by atoms with Crippen LogP contribution in [0.3, 0.4) is 0 Å². The van der Waals surface area contributed by atoms with Gasteiger partial charge in [-0.15, -0.1) is 0 Å². The molecule has 6 N–H and O–H groups in total. The van der Waals surface area contributed by atoms with Crippen LogP contribution < -0.4 is 22.3 Å². The highest BCUT2D eigenvalue weighted by atomic mass is 19.1. The molecule has 0 fully saturated rings. The van der Waals surface area contributed by atoms with Crippen molar-refractivity contribution >= 4 is 5.57 Å². The SMILES string of the molecule is C=C/C=C(\C=C/N)C(/C(=C)c1ccc(F)cc1)=C(/NN)NCCCN(CC)CC. The van der Waals surface area contributed by atoms with Crippen LogP contribution in [-0.2, 0) is 0 Å². The lowest BCUT2D eigenvalue weighted by molar-refractivity contribution is 0.299. The van der Waals surface area contributed by atoms with Crippen molar-refractivity contribution in [3.05, 3.63) is 90.2 Å². The van der Waals surface area contributed by atoms with Gasteiger partial charge in [0.1, 0.15) is 11.6 Å². The number of halogens is 1. The molecule has 29 heavy (non-hydrogen) atoms. The van der Waals surface area contributed by atoms with Gasteiger partial charge in [0, 0.05) is 12.1 Å². The summed E-state index contributed by atoms with van der Waals surface area (Å²) in [6, 6.07) is 6.18. The second-order valence-electron chi connectivity index (χ2n) is 6.40. The van der Waals surface area contributed by atoms with E-state index in [1.165, 1.54) is 18.3 Å². The van der Waals surface area contributed by atoms with Gasteiger partial charge in [-0.3, -0.25) is 0 Å². The van der Waals surface area contributed by atoms with E-state index in [0.717, 1.165) is 49.3 Å². The molecular formula is C23H34FN5. The van der Waals surface area contributed by atoms with Crippen LogP contribution in [0.2, 0.25) is 0 Å². The third kappa shape index (κ3) is 7.60. The van der Waals surface area contributed by atoms with Crippen LogP contribution in [0.5, 0.6) is 0 Å². The minimum atomic E-state index is -0.303. The van der Waals surface area contributed by atoms with Crippen LogP contribution in [0.4, 0.5) is 4.39 Å². The summed E-state index contributed by atoms with van der Waals surface area (Å²) in [5, 5.41) is 3.36. The summed E-state index contributed by atoms with van der Waals surface area (Å²) in [5.41, 5.74) is 11.4. The van der Waals surface area contributed by atoms with E-state index < -0.39 is 0 Å². The third-order valence-electron chi connectivity index (χ3n) is 4.60. The van der Waals surface area contributed by atoms with Gasteiger partial charge >= 0.3 is 0 Å². The summed E-state index contributed by atoms with van der Waals surface area (Å²) >= 11 is 0. The molecule has 0 aliphatic rings. The zero-order valence-electron chi connectivity index (χ0n) is 17.5. The first-order valence-electron chi connectivity index (χ1n) is 9.85. The second-order valence-corrected chi connectivity index (χ2v) is 6.40. The highest BCUT2D eigenvalue weighted by Gasteiger charge is 2.15. The van der Waals surface area contributed by atoms with Gasteiger partial charge in [-0.2, -0.15) is 0 Å². The average Bonchev–Trinajstić information content (AvgIpc) is 2.73. The predicted molar refractivity (Wildman–Crippen MR) is 122 cm³/mol. The molecule has 1 aromatic carbocycles. The number of rotatable bonds is 13. The number of hydrazine groups is 1. The topological polar surface area (TPSA) is 79.3 Å². The molecule has 5 nitrogen and oxygen atoms in total. The molecule has 0 saturated carbocycles. The Morgan fingerprint density at radius 1 is 1.21 bits per heavy atom. The Morgan fingerprint density at radius 2 is 1.86 bits per heavy atom. The lowest BCUT2D eigenvalue weighted by atomic mass is 9.92. The maximum atomic E-state index is 13.4. The van der Waals surface area contributed by atoms with Crippen LogP contribution in [0, 0.1) is 5.82 Å². The number of hydrogen-bond donors (Lipinski definition) is 4. The monoisotopic (exact) mass is 399 g/mol. The lowest BCUT2D eigenvalue weighted by Gasteiger charge is -2.21. The molecule has 0 aliphatic heterocycles. The molecule has 0 unspecified atom stereocenters. The van der Waals surface area contributed by atoms with Gasteiger partial charge in [0.2, 0.25) is 0 Å².